The van der Waals surface area contributed by atoms with Crippen LogP contribution in [0.3, 0.4) is 0 Å². The summed E-state index contributed by atoms with van der Waals surface area (Å²) in [5.74, 6) is 5.85. The van der Waals surface area contributed by atoms with Gasteiger partial charge in [0.05, 0.1) is 5.54 Å². The Morgan fingerprint density at radius 3 is 2.80 bits per heavy atom. The number of nitrogens with one attached hydrogen (secondary N) is 1. The molecule has 1 aliphatic rings. The standard InChI is InChI=1S/C11H23N3O/c1-4-11(3,10(15)13-12)14-7-5-6-9(2)8-14/h9H,4-8,12H2,1-3H3,(H,13,15)/t9-,11-/m0/s1. The molecular formula is C11H23N3O. The summed E-state index contributed by atoms with van der Waals surface area (Å²) in [6.07, 6.45) is 3.23. The smallest absolute Gasteiger partial charge is 0.254 e. The molecule has 4 heteroatoms. The molecule has 0 aromatic carbocycles. The number of carbonyl (C=O) groups is 1. The van der Waals surface area contributed by atoms with Gasteiger partial charge in [-0.2, -0.15) is 0 Å². The number of hydrogen-bond donors (Lipinski definition) is 2. The maximum absolute atomic E-state index is 11.8. The first-order valence-corrected chi connectivity index (χ1v) is 5.80. The molecule has 0 aliphatic carbocycles. The van der Waals surface area contributed by atoms with Gasteiger partial charge < -0.3 is 0 Å². The molecule has 15 heavy (non-hydrogen) atoms. The molecule has 1 fully saturated rings. The van der Waals surface area contributed by atoms with Gasteiger partial charge in [0.1, 0.15) is 0 Å². The Kier molecular flexibility index (Phi) is 4.11. The van der Waals surface area contributed by atoms with Crippen LogP contribution in [-0.2, 0) is 4.79 Å². The Morgan fingerprint density at radius 2 is 2.33 bits per heavy atom. The van der Waals surface area contributed by atoms with E-state index in [2.05, 4.69) is 17.2 Å². The maximum Gasteiger partial charge on any atom is 0.254 e. The molecule has 88 valence electrons. The van der Waals surface area contributed by atoms with Gasteiger partial charge in [0, 0.05) is 6.54 Å². The van der Waals surface area contributed by atoms with Crippen LogP contribution in [0.5, 0.6) is 0 Å². The highest BCUT2D eigenvalue weighted by Gasteiger charge is 2.38. The van der Waals surface area contributed by atoms with Crippen LogP contribution >= 0.6 is 0 Å². The topological polar surface area (TPSA) is 58.4 Å². The van der Waals surface area contributed by atoms with E-state index in [0.717, 1.165) is 19.5 Å². The zero-order valence-electron chi connectivity index (χ0n) is 10.0. The first kappa shape index (κ1) is 12.5. The molecule has 0 saturated carbocycles. The predicted octanol–water partition coefficient (Wildman–Crippen LogP) is 0.877. The molecule has 1 aliphatic heterocycles. The summed E-state index contributed by atoms with van der Waals surface area (Å²) in [6.45, 7) is 8.25. The van der Waals surface area contributed by atoms with Crippen LogP contribution in [0.25, 0.3) is 0 Å². The summed E-state index contributed by atoms with van der Waals surface area (Å²) in [5.41, 5.74) is 1.85. The molecule has 0 unspecified atom stereocenters. The zero-order valence-corrected chi connectivity index (χ0v) is 10.0. The van der Waals surface area contributed by atoms with Gasteiger partial charge in [-0.3, -0.25) is 15.1 Å². The van der Waals surface area contributed by atoms with Gasteiger partial charge in [-0.05, 0) is 38.6 Å². The fraction of sp³-hybridized carbons (Fsp3) is 0.909. The summed E-state index contributed by atoms with van der Waals surface area (Å²) in [4.78, 5) is 14.1. The number of likely N-dealkylation sites (tertiary alicyclic amines) is 1. The number of hydrazine groups is 1. The fourth-order valence-corrected chi connectivity index (χ4v) is 2.32. The van der Waals surface area contributed by atoms with E-state index in [1.54, 1.807) is 0 Å². The number of hydrogen-bond acceptors (Lipinski definition) is 3. The number of nitrogens with zero attached hydrogens (tertiary/aromatic N) is 1. The molecule has 1 saturated heterocycles. The van der Waals surface area contributed by atoms with E-state index in [9.17, 15) is 4.79 Å². The molecule has 1 heterocycles. The lowest BCUT2D eigenvalue weighted by Crippen LogP contribution is -2.60. The molecule has 2 atom stereocenters. The molecule has 1 amide bonds. The van der Waals surface area contributed by atoms with Gasteiger partial charge in [-0.25, -0.2) is 5.84 Å². The van der Waals surface area contributed by atoms with Gasteiger partial charge in [-0.1, -0.05) is 13.8 Å². The third-order valence-electron chi connectivity index (χ3n) is 3.66. The molecule has 0 spiro atoms. The first-order chi connectivity index (χ1) is 7.04. The van der Waals surface area contributed by atoms with Crippen molar-refractivity contribution in [1.82, 2.24) is 10.3 Å². The number of nitrogens with two attached hydrogens (primary N) is 1. The monoisotopic (exact) mass is 213 g/mol. The lowest BCUT2D eigenvalue weighted by atomic mass is 9.90. The molecule has 0 aromatic heterocycles. The van der Waals surface area contributed by atoms with Crippen molar-refractivity contribution in [2.45, 2.75) is 45.6 Å². The van der Waals surface area contributed by atoms with Crippen LogP contribution in [0.2, 0.25) is 0 Å². The van der Waals surface area contributed by atoms with Crippen molar-refractivity contribution in [2.75, 3.05) is 13.1 Å². The first-order valence-electron chi connectivity index (χ1n) is 5.80. The van der Waals surface area contributed by atoms with E-state index >= 15 is 0 Å². The molecule has 1 rings (SSSR count). The quantitative estimate of drug-likeness (QED) is 0.415. The molecule has 0 radical (unpaired) electrons. The molecule has 0 bridgehead atoms. The van der Waals surface area contributed by atoms with Crippen molar-refractivity contribution in [3.05, 3.63) is 0 Å². The van der Waals surface area contributed by atoms with E-state index in [4.69, 9.17) is 5.84 Å². The molecule has 0 aromatic rings. The van der Waals surface area contributed by atoms with Crippen molar-refractivity contribution in [1.29, 1.82) is 0 Å². The van der Waals surface area contributed by atoms with E-state index in [1.165, 1.54) is 12.8 Å². The van der Waals surface area contributed by atoms with Crippen LogP contribution in [0.15, 0.2) is 0 Å². The minimum Gasteiger partial charge on any atom is -0.293 e. The Morgan fingerprint density at radius 1 is 1.67 bits per heavy atom. The minimum atomic E-state index is -0.441. The van der Waals surface area contributed by atoms with Gasteiger partial charge >= 0.3 is 0 Å². The molecule has 3 N–H and O–H groups in total. The lowest BCUT2D eigenvalue weighted by molar-refractivity contribution is -0.134. The highest BCUT2D eigenvalue weighted by atomic mass is 16.2. The average Bonchev–Trinajstić information content (AvgIpc) is 2.26. The minimum absolute atomic E-state index is 0.0703. The van der Waals surface area contributed by atoms with Gasteiger partial charge in [0.25, 0.3) is 5.91 Å². The lowest BCUT2D eigenvalue weighted by Gasteiger charge is -2.43. The fourth-order valence-electron chi connectivity index (χ4n) is 2.32. The Labute approximate surface area is 92.2 Å². The van der Waals surface area contributed by atoms with Crippen molar-refractivity contribution in [2.24, 2.45) is 11.8 Å². The summed E-state index contributed by atoms with van der Waals surface area (Å²) >= 11 is 0. The van der Waals surface area contributed by atoms with E-state index in [0.29, 0.717) is 5.92 Å². The number of amides is 1. The maximum atomic E-state index is 11.8. The Hall–Kier alpha value is -0.610. The van der Waals surface area contributed by atoms with Crippen molar-refractivity contribution >= 4 is 5.91 Å². The highest BCUT2D eigenvalue weighted by Crippen LogP contribution is 2.26. The third-order valence-corrected chi connectivity index (χ3v) is 3.66. The second-order valence-electron chi connectivity index (χ2n) is 4.79. The van der Waals surface area contributed by atoms with Gasteiger partial charge in [0.15, 0.2) is 0 Å². The number of carbonyl (C=O) groups excluding carboxylic acids is 1. The SMILES string of the molecule is CC[C@@](C)(C(=O)NN)N1CCC[C@H](C)C1. The van der Waals surface area contributed by atoms with Crippen molar-refractivity contribution < 1.29 is 4.79 Å². The van der Waals surface area contributed by atoms with Crippen molar-refractivity contribution in [3.63, 3.8) is 0 Å². The third kappa shape index (κ3) is 2.49. The Balaban J connectivity index is 2.75. The number of rotatable bonds is 3. The summed E-state index contributed by atoms with van der Waals surface area (Å²) in [6, 6.07) is 0. The summed E-state index contributed by atoms with van der Waals surface area (Å²) in [5, 5.41) is 0. The Bertz CT molecular complexity index is 232. The van der Waals surface area contributed by atoms with E-state index < -0.39 is 5.54 Å². The molecular weight excluding hydrogens is 190 g/mol. The van der Waals surface area contributed by atoms with Crippen LogP contribution in [-0.4, -0.2) is 29.4 Å². The van der Waals surface area contributed by atoms with Crippen LogP contribution < -0.4 is 11.3 Å². The van der Waals surface area contributed by atoms with Crippen LogP contribution in [0.1, 0.15) is 40.0 Å². The van der Waals surface area contributed by atoms with Gasteiger partial charge in [-0.15, -0.1) is 0 Å². The zero-order chi connectivity index (χ0) is 11.5. The van der Waals surface area contributed by atoms with Crippen molar-refractivity contribution in [3.8, 4) is 0 Å². The van der Waals surface area contributed by atoms with Gasteiger partial charge in [0.2, 0.25) is 0 Å². The number of piperidine rings is 1. The average molecular weight is 213 g/mol. The second kappa shape index (κ2) is 4.94. The normalized spacial score (nSPS) is 27.1. The predicted molar refractivity (Wildman–Crippen MR) is 61.0 cm³/mol. The molecule has 4 nitrogen and oxygen atoms in total. The van der Waals surface area contributed by atoms with E-state index in [-0.39, 0.29) is 5.91 Å². The van der Waals surface area contributed by atoms with Crippen LogP contribution in [0, 0.1) is 5.92 Å². The van der Waals surface area contributed by atoms with Crippen LogP contribution in [0.4, 0.5) is 0 Å². The van der Waals surface area contributed by atoms with E-state index in [1.807, 2.05) is 13.8 Å². The summed E-state index contributed by atoms with van der Waals surface area (Å²) < 4.78 is 0. The summed E-state index contributed by atoms with van der Waals surface area (Å²) in [7, 11) is 0. The second-order valence-corrected chi connectivity index (χ2v) is 4.79. The highest BCUT2D eigenvalue weighted by molar-refractivity contribution is 5.85. The largest absolute Gasteiger partial charge is 0.293 e.